The second-order valence-electron chi connectivity index (χ2n) is 10.8. The molecule has 0 aliphatic carbocycles. The van der Waals surface area contributed by atoms with Gasteiger partial charge < -0.3 is 10.2 Å². The number of nitrogens with zero attached hydrogens (tertiary/aromatic N) is 2. The lowest BCUT2D eigenvalue weighted by atomic mass is 10.0. The normalized spacial score (nSPS) is 12.0. The van der Waals surface area contributed by atoms with Gasteiger partial charge in [0.05, 0.1) is 10.6 Å². The summed E-state index contributed by atoms with van der Waals surface area (Å²) in [7, 11) is -2.58. The van der Waals surface area contributed by atoms with Crippen LogP contribution in [0.15, 0.2) is 114 Å². The Hall–Kier alpha value is -4.43. The first-order chi connectivity index (χ1) is 20.6. The molecule has 1 N–H and O–H groups in total. The Morgan fingerprint density at radius 3 is 1.95 bits per heavy atom. The van der Waals surface area contributed by atoms with Crippen LogP contribution in [0.2, 0.25) is 0 Å². The Kier molecular flexibility index (Phi) is 10.4. The van der Waals surface area contributed by atoms with Gasteiger partial charge in [-0.2, -0.15) is 0 Å². The van der Waals surface area contributed by atoms with E-state index in [1.807, 2.05) is 73.7 Å². The van der Waals surface area contributed by atoms with E-state index in [9.17, 15) is 18.0 Å². The first-order valence-corrected chi connectivity index (χ1v) is 15.8. The van der Waals surface area contributed by atoms with Gasteiger partial charge in [-0.1, -0.05) is 98.8 Å². The van der Waals surface area contributed by atoms with Crippen LogP contribution in [0.1, 0.15) is 42.0 Å². The lowest BCUT2D eigenvalue weighted by Gasteiger charge is -2.34. The summed E-state index contributed by atoms with van der Waals surface area (Å²) in [5.41, 5.74) is 4.15. The van der Waals surface area contributed by atoms with Gasteiger partial charge in [-0.25, -0.2) is 8.42 Å². The number of sulfonamides is 1. The van der Waals surface area contributed by atoms with Gasteiger partial charge in [-0.05, 0) is 59.4 Å². The second kappa shape index (κ2) is 14.2. The quantitative estimate of drug-likeness (QED) is 0.227. The van der Waals surface area contributed by atoms with E-state index in [4.69, 9.17) is 0 Å². The van der Waals surface area contributed by atoms with Crippen LogP contribution in [-0.2, 0) is 32.6 Å². The zero-order chi connectivity index (χ0) is 31.0. The molecular weight excluding hydrogens is 558 g/mol. The lowest BCUT2D eigenvalue weighted by Crippen LogP contribution is -2.53. The van der Waals surface area contributed by atoms with Crippen LogP contribution < -0.4 is 9.62 Å². The molecule has 1 atom stereocenters. The zero-order valence-electron chi connectivity index (χ0n) is 25.1. The summed E-state index contributed by atoms with van der Waals surface area (Å²) in [5, 5.41) is 2.71. The van der Waals surface area contributed by atoms with Crippen molar-refractivity contribution in [1.29, 1.82) is 0 Å². The predicted octanol–water partition coefficient (Wildman–Crippen LogP) is 5.70. The highest BCUT2D eigenvalue weighted by Crippen LogP contribution is 2.27. The average Bonchev–Trinajstić information content (AvgIpc) is 3.02. The van der Waals surface area contributed by atoms with Gasteiger partial charge in [0.15, 0.2) is 0 Å². The van der Waals surface area contributed by atoms with Gasteiger partial charge in [0.2, 0.25) is 11.8 Å². The third-order valence-corrected chi connectivity index (χ3v) is 9.37. The van der Waals surface area contributed by atoms with E-state index in [1.165, 1.54) is 17.0 Å². The molecule has 4 rings (SSSR count). The molecule has 8 heteroatoms. The van der Waals surface area contributed by atoms with Crippen molar-refractivity contribution in [3.05, 3.63) is 131 Å². The number of carbonyl (C=O) groups excluding carboxylic acids is 2. The molecule has 7 nitrogen and oxygen atoms in total. The van der Waals surface area contributed by atoms with E-state index in [0.29, 0.717) is 5.69 Å². The van der Waals surface area contributed by atoms with E-state index >= 15 is 0 Å². The molecule has 43 heavy (non-hydrogen) atoms. The van der Waals surface area contributed by atoms with Crippen LogP contribution in [0.3, 0.4) is 0 Å². The largest absolute Gasteiger partial charge is 0.357 e. The van der Waals surface area contributed by atoms with Crippen molar-refractivity contribution in [3.63, 3.8) is 0 Å². The fourth-order valence-corrected chi connectivity index (χ4v) is 6.40. The number of anilines is 1. The van der Waals surface area contributed by atoms with Crippen LogP contribution >= 0.6 is 0 Å². The number of benzene rings is 4. The van der Waals surface area contributed by atoms with Crippen molar-refractivity contribution in [3.8, 4) is 0 Å². The number of amides is 2. The maximum atomic E-state index is 14.4. The molecule has 4 aromatic carbocycles. The van der Waals surface area contributed by atoms with E-state index in [-0.39, 0.29) is 29.7 Å². The van der Waals surface area contributed by atoms with Crippen molar-refractivity contribution in [1.82, 2.24) is 10.2 Å². The number of likely N-dealkylation sites (N-methyl/N-ethyl adjacent to an activating group) is 1. The third kappa shape index (κ3) is 7.70. The van der Waals surface area contributed by atoms with E-state index < -0.39 is 28.5 Å². The van der Waals surface area contributed by atoms with Crippen molar-refractivity contribution in [2.45, 2.75) is 50.6 Å². The molecule has 0 aromatic heterocycles. The number of hydrogen-bond acceptors (Lipinski definition) is 4. The molecule has 0 aliphatic rings. The Bertz CT molecular complexity index is 1620. The summed E-state index contributed by atoms with van der Waals surface area (Å²) in [6, 6.07) is 31.6. The summed E-state index contributed by atoms with van der Waals surface area (Å²) in [4.78, 5) is 29.3. The van der Waals surface area contributed by atoms with Crippen LogP contribution in [0.5, 0.6) is 0 Å². The SMILES string of the molecule is CNC(=O)[C@H](Cc1ccccc1)N(Cc1ccccc1C)C(=O)CN(c1ccc(C(C)C)cc1)S(=O)(=O)c1ccccc1. The van der Waals surface area contributed by atoms with Crippen molar-refractivity contribution in [2.75, 3.05) is 17.9 Å². The molecular formula is C35H39N3O4S. The molecule has 4 aromatic rings. The first kappa shape index (κ1) is 31.5. The van der Waals surface area contributed by atoms with Gasteiger partial charge in [0, 0.05) is 20.0 Å². The minimum absolute atomic E-state index is 0.0772. The number of aryl methyl sites for hydroxylation is 1. The highest BCUT2D eigenvalue weighted by atomic mass is 32.2. The topological polar surface area (TPSA) is 86.8 Å². The molecule has 0 heterocycles. The van der Waals surface area contributed by atoms with Crippen LogP contribution in [-0.4, -0.2) is 44.8 Å². The summed E-state index contributed by atoms with van der Waals surface area (Å²) < 4.78 is 29.2. The molecule has 0 aliphatic heterocycles. The number of hydrogen-bond donors (Lipinski definition) is 1. The summed E-state index contributed by atoms with van der Waals surface area (Å²) in [6.07, 6.45) is 0.270. The minimum Gasteiger partial charge on any atom is -0.357 e. The first-order valence-electron chi connectivity index (χ1n) is 14.4. The summed E-state index contributed by atoms with van der Waals surface area (Å²) in [5.74, 6) is -0.560. The molecule has 0 fully saturated rings. The predicted molar refractivity (Wildman–Crippen MR) is 171 cm³/mol. The maximum Gasteiger partial charge on any atom is 0.264 e. The van der Waals surface area contributed by atoms with Gasteiger partial charge in [-0.15, -0.1) is 0 Å². The molecule has 0 radical (unpaired) electrons. The zero-order valence-corrected chi connectivity index (χ0v) is 25.9. The molecule has 224 valence electrons. The fraction of sp³-hybridized carbons (Fsp3) is 0.257. The Balaban J connectivity index is 1.79. The Labute approximate surface area is 255 Å². The fourth-order valence-electron chi connectivity index (χ4n) is 4.97. The molecule has 0 saturated heterocycles. The average molecular weight is 598 g/mol. The van der Waals surface area contributed by atoms with E-state index in [0.717, 1.165) is 26.6 Å². The number of rotatable bonds is 12. The lowest BCUT2D eigenvalue weighted by molar-refractivity contribution is -0.139. The number of carbonyl (C=O) groups is 2. The molecule has 0 spiro atoms. The molecule has 0 unspecified atom stereocenters. The van der Waals surface area contributed by atoms with Gasteiger partial charge in [0.1, 0.15) is 12.6 Å². The minimum atomic E-state index is -4.12. The molecule has 0 bridgehead atoms. The Morgan fingerprint density at radius 2 is 1.37 bits per heavy atom. The molecule has 0 saturated carbocycles. The van der Waals surface area contributed by atoms with Crippen molar-refractivity contribution < 1.29 is 18.0 Å². The van der Waals surface area contributed by atoms with Gasteiger partial charge in [0.25, 0.3) is 10.0 Å². The van der Waals surface area contributed by atoms with E-state index in [2.05, 4.69) is 19.2 Å². The van der Waals surface area contributed by atoms with E-state index in [1.54, 1.807) is 37.4 Å². The summed E-state index contributed by atoms with van der Waals surface area (Å²) in [6.45, 7) is 5.74. The van der Waals surface area contributed by atoms with Crippen LogP contribution in [0.25, 0.3) is 0 Å². The number of nitrogens with one attached hydrogen (secondary N) is 1. The second-order valence-corrected chi connectivity index (χ2v) is 12.7. The van der Waals surface area contributed by atoms with Gasteiger partial charge >= 0.3 is 0 Å². The standard InChI is InChI=1S/C35H39N3O4S/c1-26(2)29-19-21-31(22-20-29)38(43(41,42)32-17-9-6-10-18-32)25-34(39)37(24-30-16-12-11-13-27(30)3)33(35(40)36-4)23-28-14-7-5-8-15-28/h5-22,26,33H,23-25H2,1-4H3,(H,36,40)/t33-/m0/s1. The Morgan fingerprint density at radius 1 is 0.791 bits per heavy atom. The molecule has 2 amide bonds. The smallest absolute Gasteiger partial charge is 0.264 e. The van der Waals surface area contributed by atoms with Crippen LogP contribution in [0.4, 0.5) is 5.69 Å². The van der Waals surface area contributed by atoms with Crippen molar-refractivity contribution in [2.24, 2.45) is 0 Å². The highest BCUT2D eigenvalue weighted by molar-refractivity contribution is 7.92. The monoisotopic (exact) mass is 597 g/mol. The van der Waals surface area contributed by atoms with Gasteiger partial charge in [-0.3, -0.25) is 13.9 Å². The summed E-state index contributed by atoms with van der Waals surface area (Å²) >= 11 is 0. The van der Waals surface area contributed by atoms with Crippen LogP contribution in [0, 0.1) is 6.92 Å². The highest BCUT2D eigenvalue weighted by Gasteiger charge is 2.34. The maximum absolute atomic E-state index is 14.4. The third-order valence-electron chi connectivity index (χ3n) is 7.58. The van der Waals surface area contributed by atoms with Crippen molar-refractivity contribution >= 4 is 27.5 Å².